The molecule has 0 heterocycles. The summed E-state index contributed by atoms with van der Waals surface area (Å²) in [6.45, 7) is 2.16. The molecular formula is C11H15NS. The third kappa shape index (κ3) is 3.64. The third-order valence-electron chi connectivity index (χ3n) is 1.81. The minimum atomic E-state index is 0.403. The smallest absolute Gasteiger partial charge is 0.0946 e. The van der Waals surface area contributed by atoms with Gasteiger partial charge in [-0.05, 0) is 18.2 Å². The predicted molar refractivity (Wildman–Crippen MR) is 61.6 cm³/mol. The van der Waals surface area contributed by atoms with Crippen LogP contribution in [0.1, 0.15) is 18.9 Å². The van der Waals surface area contributed by atoms with Gasteiger partial charge in [-0.2, -0.15) is 0 Å². The standard InChI is InChI=1S/C11H15NS/c1-3-11(13-2)12-9-10-7-5-4-6-8-10/h4-9,11H,3H2,1-2H3. The van der Waals surface area contributed by atoms with Crippen LogP contribution >= 0.6 is 11.8 Å². The summed E-state index contributed by atoms with van der Waals surface area (Å²) in [5, 5.41) is 0.403. The maximum Gasteiger partial charge on any atom is 0.0946 e. The quantitative estimate of drug-likeness (QED) is 0.669. The molecule has 0 aliphatic heterocycles. The van der Waals surface area contributed by atoms with E-state index in [0.717, 1.165) is 6.42 Å². The predicted octanol–water partition coefficient (Wildman–Crippen LogP) is 3.20. The van der Waals surface area contributed by atoms with Crippen molar-refractivity contribution in [3.8, 4) is 0 Å². The summed E-state index contributed by atoms with van der Waals surface area (Å²) < 4.78 is 0. The lowest BCUT2D eigenvalue weighted by atomic mass is 10.2. The zero-order valence-corrected chi connectivity index (χ0v) is 8.92. The van der Waals surface area contributed by atoms with Crippen molar-refractivity contribution in [3.63, 3.8) is 0 Å². The molecule has 0 aliphatic rings. The van der Waals surface area contributed by atoms with Crippen molar-refractivity contribution in [1.29, 1.82) is 0 Å². The zero-order chi connectivity index (χ0) is 9.52. The summed E-state index contributed by atoms with van der Waals surface area (Å²) in [4.78, 5) is 4.47. The van der Waals surface area contributed by atoms with Crippen molar-refractivity contribution < 1.29 is 0 Å². The van der Waals surface area contributed by atoms with E-state index in [2.05, 4.69) is 30.3 Å². The van der Waals surface area contributed by atoms with Gasteiger partial charge < -0.3 is 0 Å². The fourth-order valence-corrected chi connectivity index (χ4v) is 1.56. The number of thioether (sulfide) groups is 1. The lowest BCUT2D eigenvalue weighted by Crippen LogP contribution is -1.95. The number of rotatable bonds is 4. The van der Waals surface area contributed by atoms with E-state index in [1.54, 1.807) is 11.8 Å². The SMILES string of the molecule is CCC(N=Cc1ccccc1)SC. The van der Waals surface area contributed by atoms with E-state index in [1.165, 1.54) is 5.56 Å². The van der Waals surface area contributed by atoms with Gasteiger partial charge in [-0.1, -0.05) is 37.3 Å². The fraction of sp³-hybridized carbons (Fsp3) is 0.364. The summed E-state index contributed by atoms with van der Waals surface area (Å²) >= 11 is 1.79. The molecular weight excluding hydrogens is 178 g/mol. The Morgan fingerprint density at radius 3 is 2.62 bits per heavy atom. The van der Waals surface area contributed by atoms with Gasteiger partial charge in [0, 0.05) is 6.21 Å². The summed E-state index contributed by atoms with van der Waals surface area (Å²) in [6.07, 6.45) is 5.13. The van der Waals surface area contributed by atoms with Gasteiger partial charge in [0.2, 0.25) is 0 Å². The maximum atomic E-state index is 4.47. The molecule has 0 radical (unpaired) electrons. The highest BCUT2D eigenvalue weighted by atomic mass is 32.2. The van der Waals surface area contributed by atoms with Crippen LogP contribution in [0.15, 0.2) is 35.3 Å². The van der Waals surface area contributed by atoms with Crippen LogP contribution in [0.5, 0.6) is 0 Å². The lowest BCUT2D eigenvalue weighted by Gasteiger charge is -2.03. The first-order chi connectivity index (χ1) is 6.36. The van der Waals surface area contributed by atoms with Gasteiger partial charge in [0.25, 0.3) is 0 Å². The minimum Gasteiger partial charge on any atom is -0.278 e. The van der Waals surface area contributed by atoms with E-state index in [1.807, 2.05) is 24.4 Å². The Balaban J connectivity index is 2.57. The molecule has 1 aromatic carbocycles. The zero-order valence-electron chi connectivity index (χ0n) is 8.10. The Kier molecular flexibility index (Phi) is 4.61. The summed E-state index contributed by atoms with van der Waals surface area (Å²) in [6, 6.07) is 10.2. The molecule has 1 rings (SSSR count). The Labute approximate surface area is 84.3 Å². The first-order valence-corrected chi connectivity index (χ1v) is 5.76. The molecule has 0 saturated heterocycles. The van der Waals surface area contributed by atoms with Crippen LogP contribution in [0.4, 0.5) is 0 Å². The average Bonchev–Trinajstić information content (AvgIpc) is 2.21. The van der Waals surface area contributed by atoms with Gasteiger partial charge in [-0.15, -0.1) is 11.8 Å². The summed E-state index contributed by atoms with van der Waals surface area (Å²) in [5.41, 5.74) is 1.18. The average molecular weight is 193 g/mol. The van der Waals surface area contributed by atoms with E-state index < -0.39 is 0 Å². The van der Waals surface area contributed by atoms with Crippen LogP contribution in [0.25, 0.3) is 0 Å². The summed E-state index contributed by atoms with van der Waals surface area (Å²) in [5.74, 6) is 0. The number of hydrogen-bond donors (Lipinski definition) is 0. The molecule has 0 N–H and O–H groups in total. The Morgan fingerprint density at radius 1 is 1.38 bits per heavy atom. The second-order valence-corrected chi connectivity index (χ2v) is 3.80. The van der Waals surface area contributed by atoms with Crippen LogP contribution < -0.4 is 0 Å². The Hall–Kier alpha value is -0.760. The van der Waals surface area contributed by atoms with Crippen molar-refractivity contribution in [1.82, 2.24) is 0 Å². The van der Waals surface area contributed by atoms with Gasteiger partial charge in [0.1, 0.15) is 0 Å². The molecule has 70 valence electrons. The van der Waals surface area contributed by atoms with Crippen LogP contribution in [-0.2, 0) is 0 Å². The molecule has 0 saturated carbocycles. The number of aliphatic imine (C=N–C) groups is 1. The van der Waals surface area contributed by atoms with E-state index >= 15 is 0 Å². The first-order valence-electron chi connectivity index (χ1n) is 4.48. The molecule has 1 atom stereocenters. The molecule has 0 amide bonds. The number of nitrogens with zero attached hydrogens (tertiary/aromatic N) is 1. The van der Waals surface area contributed by atoms with Crippen LogP contribution in [0, 0.1) is 0 Å². The molecule has 0 fully saturated rings. The van der Waals surface area contributed by atoms with Crippen molar-refractivity contribution in [2.45, 2.75) is 18.7 Å². The topological polar surface area (TPSA) is 12.4 Å². The van der Waals surface area contributed by atoms with E-state index in [0.29, 0.717) is 5.37 Å². The van der Waals surface area contributed by atoms with Gasteiger partial charge in [-0.25, -0.2) is 0 Å². The highest BCUT2D eigenvalue weighted by Crippen LogP contribution is 2.11. The van der Waals surface area contributed by atoms with Crippen LogP contribution in [0.2, 0.25) is 0 Å². The van der Waals surface area contributed by atoms with E-state index in [-0.39, 0.29) is 0 Å². The third-order valence-corrected chi connectivity index (χ3v) is 2.81. The van der Waals surface area contributed by atoms with Crippen molar-refractivity contribution in [3.05, 3.63) is 35.9 Å². The van der Waals surface area contributed by atoms with Crippen molar-refractivity contribution in [2.24, 2.45) is 4.99 Å². The van der Waals surface area contributed by atoms with Crippen molar-refractivity contribution in [2.75, 3.05) is 6.26 Å². The molecule has 0 spiro atoms. The Bertz CT molecular complexity index is 252. The molecule has 0 aromatic heterocycles. The molecule has 1 aromatic rings. The molecule has 1 nitrogen and oxygen atoms in total. The first kappa shape index (κ1) is 10.3. The highest BCUT2D eigenvalue weighted by molar-refractivity contribution is 7.99. The normalized spacial score (nSPS) is 13.4. The van der Waals surface area contributed by atoms with Crippen molar-refractivity contribution >= 4 is 18.0 Å². The molecule has 0 bridgehead atoms. The minimum absolute atomic E-state index is 0.403. The number of hydrogen-bond acceptors (Lipinski definition) is 2. The van der Waals surface area contributed by atoms with Crippen LogP contribution in [0.3, 0.4) is 0 Å². The van der Waals surface area contributed by atoms with Crippen LogP contribution in [-0.4, -0.2) is 17.8 Å². The molecule has 2 heteroatoms. The second kappa shape index (κ2) is 5.81. The molecule has 13 heavy (non-hydrogen) atoms. The maximum absolute atomic E-state index is 4.47. The molecule has 0 aliphatic carbocycles. The Morgan fingerprint density at radius 2 is 2.08 bits per heavy atom. The van der Waals surface area contributed by atoms with E-state index in [4.69, 9.17) is 0 Å². The monoisotopic (exact) mass is 193 g/mol. The van der Waals surface area contributed by atoms with Gasteiger partial charge >= 0.3 is 0 Å². The highest BCUT2D eigenvalue weighted by Gasteiger charge is 1.97. The largest absolute Gasteiger partial charge is 0.278 e. The number of benzene rings is 1. The van der Waals surface area contributed by atoms with Gasteiger partial charge in [-0.3, -0.25) is 4.99 Å². The second-order valence-electron chi connectivity index (χ2n) is 2.79. The van der Waals surface area contributed by atoms with Gasteiger partial charge in [0.15, 0.2) is 0 Å². The summed E-state index contributed by atoms with van der Waals surface area (Å²) in [7, 11) is 0. The lowest BCUT2D eigenvalue weighted by molar-refractivity contribution is 0.876. The van der Waals surface area contributed by atoms with E-state index in [9.17, 15) is 0 Å². The van der Waals surface area contributed by atoms with Gasteiger partial charge in [0.05, 0.1) is 5.37 Å². The fourth-order valence-electron chi connectivity index (χ4n) is 1.04. The molecule has 1 unspecified atom stereocenters.